The molecule has 2 aromatic carbocycles. The van der Waals surface area contributed by atoms with Crippen LogP contribution in [0.25, 0.3) is 0 Å². The molecule has 0 unspecified atom stereocenters. The fourth-order valence-electron chi connectivity index (χ4n) is 8.11. The van der Waals surface area contributed by atoms with Crippen LogP contribution in [0, 0.1) is 34.5 Å². The van der Waals surface area contributed by atoms with Gasteiger partial charge in [-0.25, -0.2) is 0 Å². The van der Waals surface area contributed by atoms with Crippen LogP contribution in [-0.2, 0) is 27.5 Å². The number of Topliss-reactive ketones (excluding diaryl/α,β-unsaturated/α-hetero) is 1. The molecule has 3 fully saturated rings. The van der Waals surface area contributed by atoms with Crippen molar-refractivity contribution in [2.45, 2.75) is 91.5 Å². The summed E-state index contributed by atoms with van der Waals surface area (Å²) in [7, 11) is 0. The molecule has 0 N–H and O–H groups in total. The SMILES string of the molecule is C[C@H]1CC[C@](C)([C@H]2CC[C@]3(C)C(=O)CC[C@H]3[C@@H]2OCc2ccccc2)[C@@H](CCOCc2ccccc2)C1. The molecule has 0 aromatic heterocycles. The molecular weight excluding hydrogens is 456 g/mol. The Bertz CT molecular complexity index is 1020. The predicted octanol–water partition coefficient (Wildman–Crippen LogP) is 8.02. The van der Waals surface area contributed by atoms with Gasteiger partial charge in [-0.1, -0.05) is 87.9 Å². The van der Waals surface area contributed by atoms with Gasteiger partial charge < -0.3 is 9.47 Å². The van der Waals surface area contributed by atoms with Crippen LogP contribution in [-0.4, -0.2) is 18.5 Å². The van der Waals surface area contributed by atoms with E-state index in [-0.39, 0.29) is 16.9 Å². The van der Waals surface area contributed by atoms with Crippen LogP contribution < -0.4 is 0 Å². The molecule has 3 saturated carbocycles. The molecular formula is C34H46O3. The fourth-order valence-corrected chi connectivity index (χ4v) is 8.11. The fraction of sp³-hybridized carbons (Fsp3) is 0.618. The van der Waals surface area contributed by atoms with E-state index in [1.165, 1.54) is 30.4 Å². The quantitative estimate of drug-likeness (QED) is 0.326. The Hall–Kier alpha value is -1.97. The number of carbonyl (C=O) groups is 1. The Kier molecular flexibility index (Phi) is 8.22. The average molecular weight is 503 g/mol. The highest BCUT2D eigenvalue weighted by Crippen LogP contribution is 2.60. The molecule has 37 heavy (non-hydrogen) atoms. The van der Waals surface area contributed by atoms with E-state index in [0.717, 1.165) is 44.6 Å². The Morgan fingerprint density at radius 2 is 1.51 bits per heavy atom. The van der Waals surface area contributed by atoms with Crippen LogP contribution >= 0.6 is 0 Å². The number of fused-ring (bicyclic) bond motifs is 1. The second-order valence-corrected chi connectivity index (χ2v) is 12.8. The smallest absolute Gasteiger partial charge is 0.139 e. The molecule has 0 aliphatic heterocycles. The normalized spacial score (nSPS) is 35.9. The molecule has 3 aliphatic carbocycles. The molecule has 5 rings (SSSR count). The highest BCUT2D eigenvalue weighted by Gasteiger charge is 2.59. The highest BCUT2D eigenvalue weighted by atomic mass is 16.5. The van der Waals surface area contributed by atoms with E-state index in [0.29, 0.717) is 36.8 Å². The first-order valence-electron chi connectivity index (χ1n) is 14.7. The molecule has 0 bridgehead atoms. The molecule has 0 heterocycles. The molecule has 3 heteroatoms. The van der Waals surface area contributed by atoms with Gasteiger partial charge in [0.2, 0.25) is 0 Å². The van der Waals surface area contributed by atoms with Gasteiger partial charge in [0.1, 0.15) is 5.78 Å². The van der Waals surface area contributed by atoms with Gasteiger partial charge in [0.15, 0.2) is 0 Å². The Balaban J connectivity index is 1.33. The van der Waals surface area contributed by atoms with Crippen LogP contribution in [0.4, 0.5) is 0 Å². The van der Waals surface area contributed by atoms with E-state index in [4.69, 9.17) is 9.47 Å². The zero-order valence-corrected chi connectivity index (χ0v) is 23.2. The summed E-state index contributed by atoms with van der Waals surface area (Å²) in [6.45, 7) is 9.36. The number of ketones is 1. The zero-order chi connectivity index (χ0) is 25.9. The summed E-state index contributed by atoms with van der Waals surface area (Å²) >= 11 is 0. The van der Waals surface area contributed by atoms with E-state index in [1.807, 2.05) is 0 Å². The van der Waals surface area contributed by atoms with Crippen molar-refractivity contribution in [3.8, 4) is 0 Å². The minimum absolute atomic E-state index is 0.150. The number of ether oxygens (including phenoxy) is 2. The molecule has 0 saturated heterocycles. The van der Waals surface area contributed by atoms with E-state index < -0.39 is 0 Å². The van der Waals surface area contributed by atoms with Crippen molar-refractivity contribution >= 4 is 5.78 Å². The third-order valence-corrected chi connectivity index (χ3v) is 10.6. The Morgan fingerprint density at radius 1 is 0.838 bits per heavy atom. The minimum Gasteiger partial charge on any atom is -0.377 e. The van der Waals surface area contributed by atoms with Crippen molar-refractivity contribution < 1.29 is 14.3 Å². The average Bonchev–Trinajstić information content (AvgIpc) is 3.22. The largest absolute Gasteiger partial charge is 0.377 e. The predicted molar refractivity (Wildman–Crippen MR) is 149 cm³/mol. The van der Waals surface area contributed by atoms with Crippen LogP contribution in [0.2, 0.25) is 0 Å². The summed E-state index contributed by atoms with van der Waals surface area (Å²) in [6, 6.07) is 21.1. The van der Waals surface area contributed by atoms with Gasteiger partial charge >= 0.3 is 0 Å². The van der Waals surface area contributed by atoms with Crippen LogP contribution in [0.15, 0.2) is 60.7 Å². The second-order valence-electron chi connectivity index (χ2n) is 12.8. The summed E-state index contributed by atoms with van der Waals surface area (Å²) in [5.41, 5.74) is 2.49. The first-order chi connectivity index (χ1) is 17.9. The van der Waals surface area contributed by atoms with E-state index in [1.54, 1.807) is 0 Å². The molecule has 0 radical (unpaired) electrons. The van der Waals surface area contributed by atoms with Gasteiger partial charge in [0.25, 0.3) is 0 Å². The maximum atomic E-state index is 13.0. The first kappa shape index (κ1) is 26.6. The number of carbonyl (C=O) groups excluding carboxylic acids is 1. The van der Waals surface area contributed by atoms with Crippen molar-refractivity contribution in [1.29, 1.82) is 0 Å². The number of benzene rings is 2. The minimum atomic E-state index is -0.204. The molecule has 0 amide bonds. The maximum absolute atomic E-state index is 13.0. The van der Waals surface area contributed by atoms with Gasteiger partial charge in [-0.2, -0.15) is 0 Å². The number of hydrogen-bond donors (Lipinski definition) is 0. The molecule has 2 aromatic rings. The van der Waals surface area contributed by atoms with Crippen LogP contribution in [0.5, 0.6) is 0 Å². The number of hydrogen-bond acceptors (Lipinski definition) is 3. The second kappa shape index (κ2) is 11.4. The molecule has 3 nitrogen and oxygen atoms in total. The molecule has 3 aliphatic rings. The van der Waals surface area contributed by atoms with Gasteiger partial charge in [0, 0.05) is 18.4 Å². The van der Waals surface area contributed by atoms with Crippen molar-refractivity contribution in [3.63, 3.8) is 0 Å². The van der Waals surface area contributed by atoms with Crippen molar-refractivity contribution in [2.75, 3.05) is 6.61 Å². The van der Waals surface area contributed by atoms with Crippen LogP contribution in [0.3, 0.4) is 0 Å². The molecule has 0 spiro atoms. The van der Waals surface area contributed by atoms with Gasteiger partial charge in [-0.3, -0.25) is 4.79 Å². The van der Waals surface area contributed by atoms with Crippen LogP contribution in [0.1, 0.15) is 83.3 Å². The lowest BCUT2D eigenvalue weighted by atomic mass is 9.51. The van der Waals surface area contributed by atoms with Crippen molar-refractivity contribution in [2.24, 2.45) is 34.5 Å². The summed E-state index contributed by atoms with van der Waals surface area (Å²) in [5, 5.41) is 0. The first-order valence-corrected chi connectivity index (χ1v) is 14.7. The Labute approximate surface area is 224 Å². The lowest BCUT2D eigenvalue weighted by molar-refractivity contribution is -0.160. The summed E-state index contributed by atoms with van der Waals surface area (Å²) in [5.74, 6) is 2.69. The summed E-state index contributed by atoms with van der Waals surface area (Å²) < 4.78 is 13.1. The van der Waals surface area contributed by atoms with E-state index in [9.17, 15) is 4.79 Å². The third-order valence-electron chi connectivity index (χ3n) is 10.6. The monoisotopic (exact) mass is 502 g/mol. The zero-order valence-electron chi connectivity index (χ0n) is 23.2. The summed E-state index contributed by atoms with van der Waals surface area (Å²) in [6.07, 6.45) is 8.91. The lowest BCUT2D eigenvalue weighted by Crippen LogP contribution is -2.54. The number of rotatable bonds is 9. The van der Waals surface area contributed by atoms with Crippen molar-refractivity contribution in [3.05, 3.63) is 71.8 Å². The highest BCUT2D eigenvalue weighted by molar-refractivity contribution is 5.87. The van der Waals surface area contributed by atoms with E-state index >= 15 is 0 Å². The lowest BCUT2D eigenvalue weighted by Gasteiger charge is -2.56. The van der Waals surface area contributed by atoms with Gasteiger partial charge in [0.05, 0.1) is 19.3 Å². The standard InChI is InChI=1S/C34H46O3/c1-25-16-19-33(2,28(22-25)18-21-36-23-26-10-6-4-7-11-26)30-17-20-34(3)29(14-15-31(34)35)32(30)37-24-27-12-8-5-9-13-27/h4-13,25,28-30,32H,14-24H2,1-3H3/t25-,28-,29-,30-,32-,33-,34-/m0/s1. The van der Waals surface area contributed by atoms with Gasteiger partial charge in [-0.05, 0) is 78.7 Å². The van der Waals surface area contributed by atoms with Gasteiger partial charge in [-0.15, -0.1) is 0 Å². The van der Waals surface area contributed by atoms with E-state index in [2.05, 4.69) is 81.4 Å². The molecule has 200 valence electrons. The molecule has 7 atom stereocenters. The maximum Gasteiger partial charge on any atom is 0.139 e. The summed E-state index contributed by atoms with van der Waals surface area (Å²) in [4.78, 5) is 13.0. The van der Waals surface area contributed by atoms with Crippen molar-refractivity contribution in [1.82, 2.24) is 0 Å². The third kappa shape index (κ3) is 5.59. The topological polar surface area (TPSA) is 35.5 Å². The Morgan fingerprint density at radius 3 is 2.22 bits per heavy atom.